The molecule has 8 nitrogen and oxygen atoms in total. The van der Waals surface area contributed by atoms with Crippen LogP contribution in [0.2, 0.25) is 5.02 Å². The Kier molecular flexibility index (Phi) is 6.04. The Bertz CT molecular complexity index is 1390. The number of aromatic nitrogens is 2. The molecule has 0 aliphatic carbocycles. The summed E-state index contributed by atoms with van der Waals surface area (Å²) in [6.07, 6.45) is 3.90. The number of ether oxygens (including phenoxy) is 2. The molecule has 9 heteroatoms. The van der Waals surface area contributed by atoms with Crippen molar-refractivity contribution in [3.8, 4) is 6.01 Å². The number of halogens is 1. The van der Waals surface area contributed by atoms with E-state index in [1.165, 1.54) is 12.0 Å². The largest absolute Gasteiger partial charge is 0.462 e. The van der Waals surface area contributed by atoms with Crippen molar-refractivity contribution >= 4 is 39.8 Å². The minimum atomic E-state index is -0.0616. The second-order valence-corrected chi connectivity index (χ2v) is 11.4. The third-order valence-electron chi connectivity index (χ3n) is 8.70. The molecule has 0 N–H and O–H groups in total. The average molecular weight is 534 g/mol. The monoisotopic (exact) mass is 533 g/mol. The molecule has 3 saturated heterocycles. The number of rotatable bonds is 5. The lowest BCUT2D eigenvalue weighted by Crippen LogP contribution is -2.57. The molecule has 4 aliphatic heterocycles. The average Bonchev–Trinajstić information content (AvgIpc) is 3.34. The summed E-state index contributed by atoms with van der Waals surface area (Å²) in [7, 11) is 2.15. The van der Waals surface area contributed by atoms with Gasteiger partial charge in [0.25, 0.3) is 0 Å². The summed E-state index contributed by atoms with van der Waals surface area (Å²) >= 11 is 6.67. The van der Waals surface area contributed by atoms with Gasteiger partial charge in [0.1, 0.15) is 18.5 Å². The second-order valence-electron chi connectivity index (χ2n) is 10.9. The zero-order chi connectivity index (χ0) is 25.8. The zero-order valence-corrected chi connectivity index (χ0v) is 22.4. The van der Waals surface area contributed by atoms with Crippen molar-refractivity contribution in [2.75, 3.05) is 49.6 Å². The van der Waals surface area contributed by atoms with Crippen molar-refractivity contribution in [2.24, 2.45) is 5.92 Å². The van der Waals surface area contributed by atoms with Gasteiger partial charge in [-0.3, -0.25) is 4.79 Å². The standard InChI is InChI=1S/C29H32ClN5O3/c1-33-12-4-7-19(33)17-37-29-31-23-15-34(24-9-3-6-18-5-2-8-22(30)26(18)24)13-10-20(23)27(32-29)35-14-11-21-25(16-35)38-28(21)36/h2-3,5-6,8-9,19,21,25H,4,7,10-17H2,1H3. The van der Waals surface area contributed by atoms with E-state index in [-0.39, 0.29) is 18.0 Å². The molecule has 5 heterocycles. The van der Waals surface area contributed by atoms with Gasteiger partial charge >= 0.3 is 12.0 Å². The van der Waals surface area contributed by atoms with Gasteiger partial charge in [0.05, 0.1) is 29.7 Å². The Balaban J connectivity index is 1.22. The van der Waals surface area contributed by atoms with E-state index in [1.807, 2.05) is 12.1 Å². The van der Waals surface area contributed by atoms with Crippen molar-refractivity contribution in [1.82, 2.24) is 14.9 Å². The highest BCUT2D eigenvalue weighted by Crippen LogP contribution is 2.39. The first-order chi connectivity index (χ1) is 18.5. The molecule has 2 aromatic carbocycles. The topological polar surface area (TPSA) is 71.0 Å². The number of fused-ring (bicyclic) bond motifs is 3. The normalized spacial score (nSPS) is 25.1. The molecule has 38 heavy (non-hydrogen) atoms. The SMILES string of the molecule is CN1CCCC1COc1nc2c(c(N3CCC4C(=O)OC4C3)n1)CCN(c1cccc3cccc(Cl)c13)C2. The van der Waals surface area contributed by atoms with E-state index in [0.29, 0.717) is 31.7 Å². The van der Waals surface area contributed by atoms with Crippen LogP contribution in [0.15, 0.2) is 36.4 Å². The summed E-state index contributed by atoms with van der Waals surface area (Å²) in [4.78, 5) is 28.7. The summed E-state index contributed by atoms with van der Waals surface area (Å²) < 4.78 is 11.7. The lowest BCUT2D eigenvalue weighted by Gasteiger charge is -2.44. The van der Waals surface area contributed by atoms with Crippen molar-refractivity contribution in [3.05, 3.63) is 52.7 Å². The molecule has 0 bridgehead atoms. The first-order valence-electron chi connectivity index (χ1n) is 13.7. The van der Waals surface area contributed by atoms with Gasteiger partial charge in [-0.1, -0.05) is 35.9 Å². The lowest BCUT2D eigenvalue weighted by atomic mass is 9.89. The number of likely N-dealkylation sites (tertiary alicyclic amines) is 1. The predicted octanol–water partition coefficient (Wildman–Crippen LogP) is 4.07. The molecule has 1 aromatic heterocycles. The zero-order valence-electron chi connectivity index (χ0n) is 21.6. The van der Waals surface area contributed by atoms with Crippen LogP contribution in [0.3, 0.4) is 0 Å². The molecule has 3 aromatic rings. The van der Waals surface area contributed by atoms with E-state index in [1.54, 1.807) is 0 Å². The number of benzene rings is 2. The van der Waals surface area contributed by atoms with E-state index in [9.17, 15) is 4.79 Å². The number of carbonyl (C=O) groups excluding carboxylic acids is 1. The van der Waals surface area contributed by atoms with E-state index in [4.69, 9.17) is 31.0 Å². The fourth-order valence-corrected chi connectivity index (χ4v) is 6.76. The Hall–Kier alpha value is -3.10. The molecule has 3 fully saturated rings. The summed E-state index contributed by atoms with van der Waals surface area (Å²) in [5.41, 5.74) is 3.28. The van der Waals surface area contributed by atoms with Crippen molar-refractivity contribution in [2.45, 2.75) is 44.4 Å². The smallest absolute Gasteiger partial charge is 0.318 e. The Morgan fingerprint density at radius 1 is 1.08 bits per heavy atom. The molecule has 198 valence electrons. The summed E-state index contributed by atoms with van der Waals surface area (Å²) in [6.45, 7) is 4.64. The molecule has 7 rings (SSSR count). The quantitative estimate of drug-likeness (QED) is 0.455. The summed E-state index contributed by atoms with van der Waals surface area (Å²) in [5, 5.41) is 2.96. The highest BCUT2D eigenvalue weighted by atomic mass is 35.5. The van der Waals surface area contributed by atoms with Crippen molar-refractivity contribution < 1.29 is 14.3 Å². The maximum atomic E-state index is 11.8. The van der Waals surface area contributed by atoms with Crippen molar-refractivity contribution in [3.63, 3.8) is 0 Å². The van der Waals surface area contributed by atoms with Gasteiger partial charge < -0.3 is 24.2 Å². The van der Waals surface area contributed by atoms with Crippen LogP contribution < -0.4 is 14.5 Å². The van der Waals surface area contributed by atoms with Gasteiger partial charge in [-0.25, -0.2) is 0 Å². The number of hydrogen-bond acceptors (Lipinski definition) is 8. The molecule has 3 atom stereocenters. The van der Waals surface area contributed by atoms with Crippen LogP contribution in [0, 0.1) is 5.92 Å². The first-order valence-corrected chi connectivity index (χ1v) is 14.0. The van der Waals surface area contributed by atoms with Gasteiger partial charge in [0.2, 0.25) is 0 Å². The second kappa shape index (κ2) is 9.58. The van der Waals surface area contributed by atoms with E-state index in [0.717, 1.165) is 71.9 Å². The number of anilines is 2. The third-order valence-corrected chi connectivity index (χ3v) is 9.02. The molecule has 0 radical (unpaired) electrons. The highest BCUT2D eigenvalue weighted by molar-refractivity contribution is 6.36. The number of likely N-dealkylation sites (N-methyl/N-ethyl adjacent to an activating group) is 1. The van der Waals surface area contributed by atoms with E-state index >= 15 is 0 Å². The lowest BCUT2D eigenvalue weighted by molar-refractivity contribution is -0.185. The minimum absolute atomic E-state index is 0.0316. The summed E-state index contributed by atoms with van der Waals surface area (Å²) in [6, 6.07) is 13.2. The summed E-state index contributed by atoms with van der Waals surface area (Å²) in [5.74, 6) is 0.902. The Labute approximate surface area is 227 Å². The first kappa shape index (κ1) is 24.0. The van der Waals surface area contributed by atoms with Crippen molar-refractivity contribution in [1.29, 1.82) is 0 Å². The van der Waals surface area contributed by atoms with Gasteiger partial charge in [-0.2, -0.15) is 9.97 Å². The number of carbonyl (C=O) groups is 1. The van der Waals surface area contributed by atoms with Gasteiger partial charge in [-0.05, 0) is 56.8 Å². The van der Waals surface area contributed by atoms with Gasteiger partial charge in [0.15, 0.2) is 0 Å². The van der Waals surface area contributed by atoms with Crippen LogP contribution in [0.1, 0.15) is 30.5 Å². The predicted molar refractivity (Wildman–Crippen MR) is 147 cm³/mol. The highest BCUT2D eigenvalue weighted by Gasteiger charge is 2.46. The van der Waals surface area contributed by atoms with Crippen LogP contribution in [0.25, 0.3) is 10.8 Å². The number of esters is 1. The number of hydrogen-bond donors (Lipinski definition) is 0. The van der Waals surface area contributed by atoms with E-state index < -0.39 is 0 Å². The van der Waals surface area contributed by atoms with Gasteiger partial charge in [-0.15, -0.1) is 0 Å². The fraction of sp³-hybridized carbons (Fsp3) is 0.483. The van der Waals surface area contributed by atoms with Crippen LogP contribution >= 0.6 is 11.6 Å². The maximum Gasteiger partial charge on any atom is 0.318 e. The van der Waals surface area contributed by atoms with Crippen LogP contribution in [0.4, 0.5) is 11.5 Å². The molecule has 3 unspecified atom stereocenters. The molecule has 4 aliphatic rings. The van der Waals surface area contributed by atoms with Crippen LogP contribution in [0.5, 0.6) is 6.01 Å². The fourth-order valence-electron chi connectivity index (χ4n) is 6.48. The number of nitrogens with zero attached hydrogens (tertiary/aromatic N) is 5. The molecular weight excluding hydrogens is 502 g/mol. The van der Waals surface area contributed by atoms with E-state index in [2.05, 4.69) is 46.0 Å². The minimum Gasteiger partial charge on any atom is -0.462 e. The van der Waals surface area contributed by atoms with Crippen LogP contribution in [-0.2, 0) is 22.5 Å². The molecular formula is C29H32ClN5O3. The maximum absolute atomic E-state index is 11.8. The molecule has 0 spiro atoms. The Morgan fingerprint density at radius 2 is 1.95 bits per heavy atom. The Morgan fingerprint density at radius 3 is 2.74 bits per heavy atom. The molecule has 0 amide bonds. The van der Waals surface area contributed by atoms with Crippen LogP contribution in [-0.4, -0.2) is 72.8 Å². The third kappa shape index (κ3) is 4.14. The van der Waals surface area contributed by atoms with Gasteiger partial charge in [0, 0.05) is 35.8 Å². The molecule has 0 saturated carbocycles. The number of piperidine rings is 1.